The standard InChI is InChI=1S/C23H25FN2O3/c1-2-29-19-8-9-20-16(14-19)15-21(25-20)22(27)26-12-3-10-23(28,11-13-26)17-4-6-18(24)7-5-17/h4-9,14-15,25,28H,2-3,10-13H2,1H3/t23-/m0/s1. The topological polar surface area (TPSA) is 65.6 Å². The molecule has 1 saturated heterocycles. The second kappa shape index (κ2) is 7.87. The number of hydrogen-bond acceptors (Lipinski definition) is 3. The van der Waals surface area contributed by atoms with Crippen molar-refractivity contribution in [3.8, 4) is 5.75 Å². The summed E-state index contributed by atoms with van der Waals surface area (Å²) in [6.07, 6.45) is 1.63. The number of aliphatic hydroxyl groups is 1. The Labute approximate surface area is 169 Å². The molecule has 2 heterocycles. The van der Waals surface area contributed by atoms with Crippen molar-refractivity contribution in [2.75, 3.05) is 19.7 Å². The van der Waals surface area contributed by atoms with Crippen LogP contribution < -0.4 is 4.74 Å². The first-order valence-corrected chi connectivity index (χ1v) is 10.0. The maximum Gasteiger partial charge on any atom is 0.270 e. The number of aromatic nitrogens is 1. The van der Waals surface area contributed by atoms with Crippen molar-refractivity contribution in [3.63, 3.8) is 0 Å². The Balaban J connectivity index is 1.51. The van der Waals surface area contributed by atoms with Gasteiger partial charge in [-0.3, -0.25) is 4.79 Å². The van der Waals surface area contributed by atoms with Crippen LogP contribution >= 0.6 is 0 Å². The van der Waals surface area contributed by atoms with Crippen LogP contribution in [0.25, 0.3) is 10.9 Å². The Morgan fingerprint density at radius 1 is 1.17 bits per heavy atom. The van der Waals surface area contributed by atoms with Gasteiger partial charge in [0.1, 0.15) is 17.3 Å². The molecule has 4 rings (SSSR count). The van der Waals surface area contributed by atoms with E-state index in [0.717, 1.165) is 16.7 Å². The number of hydrogen-bond donors (Lipinski definition) is 2. The monoisotopic (exact) mass is 396 g/mol. The van der Waals surface area contributed by atoms with Gasteiger partial charge in [0.05, 0.1) is 12.2 Å². The van der Waals surface area contributed by atoms with E-state index in [9.17, 15) is 14.3 Å². The largest absolute Gasteiger partial charge is 0.494 e. The zero-order valence-electron chi connectivity index (χ0n) is 16.5. The number of ether oxygens (including phenoxy) is 1. The second-order valence-electron chi connectivity index (χ2n) is 7.55. The lowest BCUT2D eigenvalue weighted by Crippen LogP contribution is -2.33. The van der Waals surface area contributed by atoms with Gasteiger partial charge >= 0.3 is 0 Å². The molecule has 0 unspecified atom stereocenters. The molecular weight excluding hydrogens is 371 g/mol. The van der Waals surface area contributed by atoms with Gasteiger partial charge in [0, 0.05) is 24.0 Å². The minimum absolute atomic E-state index is 0.0810. The molecule has 0 saturated carbocycles. The highest BCUT2D eigenvalue weighted by molar-refractivity contribution is 5.98. The number of carbonyl (C=O) groups is 1. The first-order chi connectivity index (χ1) is 14.0. The van der Waals surface area contributed by atoms with Crippen molar-refractivity contribution in [1.29, 1.82) is 0 Å². The summed E-state index contributed by atoms with van der Waals surface area (Å²) < 4.78 is 18.8. The molecule has 2 aromatic carbocycles. The number of fused-ring (bicyclic) bond motifs is 1. The quantitative estimate of drug-likeness (QED) is 0.694. The van der Waals surface area contributed by atoms with Crippen LogP contribution in [0.4, 0.5) is 4.39 Å². The molecule has 0 spiro atoms. The van der Waals surface area contributed by atoms with Crippen molar-refractivity contribution in [2.45, 2.75) is 31.8 Å². The third-order valence-corrected chi connectivity index (χ3v) is 5.62. The Kier molecular flexibility index (Phi) is 5.28. The van der Waals surface area contributed by atoms with Gasteiger partial charge in [0.15, 0.2) is 0 Å². The normalized spacial score (nSPS) is 19.9. The van der Waals surface area contributed by atoms with Gasteiger partial charge < -0.3 is 19.7 Å². The molecule has 1 fully saturated rings. The van der Waals surface area contributed by atoms with Crippen LogP contribution in [-0.2, 0) is 5.60 Å². The lowest BCUT2D eigenvalue weighted by atomic mass is 9.87. The summed E-state index contributed by atoms with van der Waals surface area (Å²) in [5.41, 5.74) is 1.06. The van der Waals surface area contributed by atoms with Crippen LogP contribution in [0.3, 0.4) is 0 Å². The van der Waals surface area contributed by atoms with Gasteiger partial charge in [0.25, 0.3) is 5.91 Å². The average molecular weight is 396 g/mol. The number of carbonyl (C=O) groups excluding carboxylic acids is 1. The van der Waals surface area contributed by atoms with Gasteiger partial charge in [-0.1, -0.05) is 12.1 Å². The number of likely N-dealkylation sites (tertiary alicyclic amines) is 1. The summed E-state index contributed by atoms with van der Waals surface area (Å²) in [4.78, 5) is 18.0. The molecule has 1 atom stereocenters. The van der Waals surface area contributed by atoms with Crippen LogP contribution in [0.2, 0.25) is 0 Å². The number of nitrogens with one attached hydrogen (secondary N) is 1. The molecule has 1 aromatic heterocycles. The fourth-order valence-corrected chi connectivity index (χ4v) is 4.02. The van der Waals surface area contributed by atoms with Crippen LogP contribution in [0.15, 0.2) is 48.5 Å². The molecule has 5 nitrogen and oxygen atoms in total. The highest BCUT2D eigenvalue weighted by atomic mass is 19.1. The van der Waals surface area contributed by atoms with E-state index < -0.39 is 5.60 Å². The van der Waals surface area contributed by atoms with Gasteiger partial charge in [-0.2, -0.15) is 0 Å². The van der Waals surface area contributed by atoms with E-state index in [4.69, 9.17) is 4.74 Å². The molecule has 1 aliphatic rings. The van der Waals surface area contributed by atoms with Gasteiger partial charge in [-0.15, -0.1) is 0 Å². The first-order valence-electron chi connectivity index (χ1n) is 10.0. The highest BCUT2D eigenvalue weighted by Crippen LogP contribution is 2.33. The molecule has 0 radical (unpaired) electrons. The van der Waals surface area contributed by atoms with Gasteiger partial charge in [-0.05, 0) is 68.1 Å². The number of benzene rings is 2. The van der Waals surface area contributed by atoms with Crippen molar-refractivity contribution < 1.29 is 19.0 Å². The zero-order chi connectivity index (χ0) is 20.4. The van der Waals surface area contributed by atoms with Crippen LogP contribution in [0, 0.1) is 5.82 Å². The van der Waals surface area contributed by atoms with E-state index in [1.807, 2.05) is 31.2 Å². The number of nitrogens with zero attached hydrogens (tertiary/aromatic N) is 1. The van der Waals surface area contributed by atoms with E-state index >= 15 is 0 Å². The number of aromatic amines is 1. The van der Waals surface area contributed by atoms with E-state index in [2.05, 4.69) is 4.98 Å². The molecule has 29 heavy (non-hydrogen) atoms. The third kappa shape index (κ3) is 3.98. The van der Waals surface area contributed by atoms with Crippen LogP contribution in [0.1, 0.15) is 42.2 Å². The van der Waals surface area contributed by atoms with Crippen LogP contribution in [0.5, 0.6) is 5.75 Å². The molecule has 3 aromatic rings. The Morgan fingerprint density at radius 2 is 1.97 bits per heavy atom. The van der Waals surface area contributed by atoms with E-state index in [1.54, 1.807) is 17.0 Å². The fourth-order valence-electron chi connectivity index (χ4n) is 4.02. The van der Waals surface area contributed by atoms with Gasteiger partial charge in [-0.25, -0.2) is 4.39 Å². The molecule has 1 aliphatic heterocycles. The summed E-state index contributed by atoms with van der Waals surface area (Å²) in [7, 11) is 0. The smallest absolute Gasteiger partial charge is 0.270 e. The molecule has 1 amide bonds. The molecular formula is C23H25FN2O3. The van der Waals surface area contributed by atoms with Crippen molar-refractivity contribution in [3.05, 3.63) is 65.6 Å². The van der Waals surface area contributed by atoms with E-state index in [0.29, 0.717) is 50.2 Å². The summed E-state index contributed by atoms with van der Waals surface area (Å²) in [6, 6.07) is 13.5. The summed E-state index contributed by atoms with van der Waals surface area (Å²) >= 11 is 0. The van der Waals surface area contributed by atoms with Crippen molar-refractivity contribution in [1.82, 2.24) is 9.88 Å². The van der Waals surface area contributed by atoms with Crippen molar-refractivity contribution in [2.24, 2.45) is 0 Å². The third-order valence-electron chi connectivity index (χ3n) is 5.62. The Bertz CT molecular complexity index is 1010. The number of rotatable bonds is 4. The lowest BCUT2D eigenvalue weighted by molar-refractivity contribution is 0.0212. The molecule has 152 valence electrons. The predicted octanol–water partition coefficient (Wildman–Crippen LogP) is 4.22. The maximum atomic E-state index is 13.2. The van der Waals surface area contributed by atoms with Gasteiger partial charge in [0.2, 0.25) is 0 Å². The minimum atomic E-state index is -1.05. The molecule has 2 N–H and O–H groups in total. The number of H-pyrrole nitrogens is 1. The summed E-state index contributed by atoms with van der Waals surface area (Å²) in [5, 5.41) is 12.0. The van der Waals surface area contributed by atoms with Crippen LogP contribution in [-0.4, -0.2) is 40.6 Å². The number of halogens is 1. The average Bonchev–Trinajstić information content (AvgIpc) is 3.03. The first kappa shape index (κ1) is 19.5. The molecule has 6 heteroatoms. The fraction of sp³-hybridized carbons (Fsp3) is 0.348. The second-order valence-corrected chi connectivity index (χ2v) is 7.55. The summed E-state index contributed by atoms with van der Waals surface area (Å²) in [5.74, 6) is 0.369. The molecule has 0 bridgehead atoms. The van der Waals surface area contributed by atoms with E-state index in [-0.39, 0.29) is 11.7 Å². The number of amides is 1. The lowest BCUT2D eigenvalue weighted by Gasteiger charge is -2.27. The maximum absolute atomic E-state index is 13.2. The highest BCUT2D eigenvalue weighted by Gasteiger charge is 2.33. The van der Waals surface area contributed by atoms with Crippen molar-refractivity contribution >= 4 is 16.8 Å². The Morgan fingerprint density at radius 3 is 2.72 bits per heavy atom. The Hall–Kier alpha value is -2.86. The predicted molar refractivity (Wildman–Crippen MR) is 110 cm³/mol. The summed E-state index contributed by atoms with van der Waals surface area (Å²) in [6.45, 7) is 3.53. The SMILES string of the molecule is CCOc1ccc2[nH]c(C(=O)N3CCC[C@@](O)(c4ccc(F)cc4)CC3)cc2c1. The zero-order valence-corrected chi connectivity index (χ0v) is 16.5. The van der Waals surface area contributed by atoms with E-state index in [1.165, 1.54) is 12.1 Å². The minimum Gasteiger partial charge on any atom is -0.494 e. The molecule has 0 aliphatic carbocycles.